The summed E-state index contributed by atoms with van der Waals surface area (Å²) in [6.07, 6.45) is 0.658. The van der Waals surface area contributed by atoms with Gasteiger partial charge in [-0.1, -0.05) is 54.1 Å². The van der Waals surface area contributed by atoms with Crippen molar-refractivity contribution in [1.82, 2.24) is 14.9 Å². The molecule has 3 aromatic carbocycles. The number of carbonyl (C=O) groups is 1. The predicted octanol–water partition coefficient (Wildman–Crippen LogP) is 5.80. The molecule has 0 N–H and O–H groups in total. The van der Waals surface area contributed by atoms with Crippen molar-refractivity contribution >= 4 is 23.3 Å². The van der Waals surface area contributed by atoms with Crippen LogP contribution in [0.25, 0.3) is 11.4 Å². The maximum Gasteiger partial charge on any atom is 0.253 e. The Morgan fingerprint density at radius 1 is 0.917 bits per heavy atom. The third-order valence-corrected chi connectivity index (χ3v) is 6.69. The molecular weight excluding hydrogens is 475 g/mol. The van der Waals surface area contributed by atoms with Gasteiger partial charge in [-0.05, 0) is 48.9 Å². The van der Waals surface area contributed by atoms with Crippen molar-refractivity contribution in [1.29, 1.82) is 0 Å². The molecule has 0 radical (unpaired) electrons. The van der Waals surface area contributed by atoms with Crippen LogP contribution >= 0.6 is 11.6 Å². The van der Waals surface area contributed by atoms with Crippen LogP contribution in [0, 0.1) is 12.7 Å². The second-order valence-corrected chi connectivity index (χ2v) is 9.33. The molecule has 36 heavy (non-hydrogen) atoms. The molecule has 4 aromatic rings. The highest BCUT2D eigenvalue weighted by Crippen LogP contribution is 2.29. The maximum absolute atomic E-state index is 13.3. The van der Waals surface area contributed by atoms with E-state index in [4.69, 9.17) is 21.6 Å². The van der Waals surface area contributed by atoms with E-state index in [0.29, 0.717) is 49.0 Å². The van der Waals surface area contributed by atoms with E-state index in [1.165, 1.54) is 24.3 Å². The smallest absolute Gasteiger partial charge is 0.253 e. The van der Waals surface area contributed by atoms with E-state index >= 15 is 0 Å². The lowest BCUT2D eigenvalue weighted by Gasteiger charge is -2.36. The van der Waals surface area contributed by atoms with Crippen LogP contribution in [0.3, 0.4) is 0 Å². The first-order valence-corrected chi connectivity index (χ1v) is 12.3. The normalized spacial score (nSPS) is 13.6. The first-order chi connectivity index (χ1) is 17.5. The molecule has 2 heterocycles. The van der Waals surface area contributed by atoms with Crippen molar-refractivity contribution in [2.75, 3.05) is 31.1 Å². The van der Waals surface area contributed by atoms with Crippen molar-refractivity contribution in [3.8, 4) is 11.4 Å². The summed E-state index contributed by atoms with van der Waals surface area (Å²) < 4.78 is 13.3. The lowest BCUT2D eigenvalue weighted by atomic mass is 10.0. The summed E-state index contributed by atoms with van der Waals surface area (Å²) in [7, 11) is 0. The average molecular weight is 501 g/mol. The van der Waals surface area contributed by atoms with Crippen LogP contribution < -0.4 is 4.90 Å². The fourth-order valence-electron chi connectivity index (χ4n) is 4.51. The third kappa shape index (κ3) is 5.24. The molecule has 0 atom stereocenters. The fraction of sp³-hybridized carbons (Fsp3) is 0.207. The lowest BCUT2D eigenvalue weighted by molar-refractivity contribution is 0.0746. The van der Waals surface area contributed by atoms with Crippen molar-refractivity contribution in [3.05, 3.63) is 112 Å². The number of benzene rings is 3. The SMILES string of the molecule is Cc1nc(-c2ccccc2)nc(N2CCN(C(=O)c3ccc(F)cc3)CC2)c1Cc1cccc(Cl)c1. The summed E-state index contributed by atoms with van der Waals surface area (Å²) >= 11 is 6.25. The number of aryl methyl sites for hydroxylation is 1. The molecule has 5 nitrogen and oxygen atoms in total. The number of carbonyl (C=O) groups excluding carboxylic acids is 1. The second-order valence-electron chi connectivity index (χ2n) is 8.89. The number of anilines is 1. The van der Waals surface area contributed by atoms with Crippen LogP contribution in [0.1, 0.15) is 27.2 Å². The predicted molar refractivity (Wildman–Crippen MR) is 141 cm³/mol. The molecule has 0 spiro atoms. The Bertz CT molecular complexity index is 1370. The van der Waals surface area contributed by atoms with Crippen LogP contribution in [-0.2, 0) is 6.42 Å². The molecule has 1 saturated heterocycles. The Morgan fingerprint density at radius 3 is 2.33 bits per heavy atom. The third-order valence-electron chi connectivity index (χ3n) is 6.45. The van der Waals surface area contributed by atoms with Gasteiger partial charge in [-0.25, -0.2) is 14.4 Å². The van der Waals surface area contributed by atoms with E-state index in [-0.39, 0.29) is 11.7 Å². The van der Waals surface area contributed by atoms with Crippen LogP contribution in [0.2, 0.25) is 5.02 Å². The van der Waals surface area contributed by atoms with Crippen molar-refractivity contribution < 1.29 is 9.18 Å². The summed E-state index contributed by atoms with van der Waals surface area (Å²) in [5.74, 6) is 1.13. The van der Waals surface area contributed by atoms with Gasteiger partial charge in [0.25, 0.3) is 5.91 Å². The number of nitrogens with zero attached hydrogens (tertiary/aromatic N) is 4. The molecule has 1 aliphatic heterocycles. The number of rotatable bonds is 5. The molecular formula is C29H26ClFN4O. The maximum atomic E-state index is 13.3. The fourth-order valence-corrected chi connectivity index (χ4v) is 4.73. The molecule has 0 saturated carbocycles. The molecule has 1 amide bonds. The summed E-state index contributed by atoms with van der Waals surface area (Å²) in [6, 6.07) is 23.5. The molecule has 1 fully saturated rings. The summed E-state index contributed by atoms with van der Waals surface area (Å²) in [5.41, 5.74) is 4.52. The number of amides is 1. The van der Waals surface area contributed by atoms with Gasteiger partial charge in [0.05, 0.1) is 0 Å². The minimum Gasteiger partial charge on any atom is -0.353 e. The molecule has 0 aliphatic carbocycles. The number of aromatic nitrogens is 2. The molecule has 5 rings (SSSR count). The molecule has 7 heteroatoms. The summed E-state index contributed by atoms with van der Waals surface area (Å²) in [6.45, 7) is 4.40. The number of hydrogen-bond donors (Lipinski definition) is 0. The van der Waals surface area contributed by atoms with Gasteiger partial charge < -0.3 is 9.80 Å². The quantitative estimate of drug-likeness (QED) is 0.347. The standard InChI is InChI=1S/C29H26ClFN4O/c1-20-26(19-21-6-5-9-24(30)18-21)28(33-27(32-20)22-7-3-2-4-8-22)34-14-16-35(17-15-34)29(36)23-10-12-25(31)13-11-23/h2-13,18H,14-17,19H2,1H3. The van der Waals surface area contributed by atoms with E-state index in [2.05, 4.69) is 11.0 Å². The largest absolute Gasteiger partial charge is 0.353 e. The van der Waals surface area contributed by atoms with Gasteiger partial charge in [-0.2, -0.15) is 0 Å². The van der Waals surface area contributed by atoms with Gasteiger partial charge in [0, 0.05) is 60.0 Å². The topological polar surface area (TPSA) is 49.3 Å². The van der Waals surface area contributed by atoms with Crippen molar-refractivity contribution in [2.45, 2.75) is 13.3 Å². The highest BCUT2D eigenvalue weighted by molar-refractivity contribution is 6.30. The molecule has 0 bridgehead atoms. The Balaban J connectivity index is 1.44. The first kappa shape index (κ1) is 23.9. The average Bonchev–Trinajstić information content (AvgIpc) is 2.90. The molecule has 1 aromatic heterocycles. The number of piperazine rings is 1. The lowest BCUT2D eigenvalue weighted by Crippen LogP contribution is -2.49. The van der Waals surface area contributed by atoms with Gasteiger partial charge in [-0.3, -0.25) is 4.79 Å². The van der Waals surface area contributed by atoms with Gasteiger partial charge in [-0.15, -0.1) is 0 Å². The van der Waals surface area contributed by atoms with Gasteiger partial charge in [0.1, 0.15) is 11.6 Å². The van der Waals surface area contributed by atoms with Crippen LogP contribution in [0.4, 0.5) is 10.2 Å². The summed E-state index contributed by atoms with van der Waals surface area (Å²) in [5, 5.41) is 0.696. The first-order valence-electron chi connectivity index (χ1n) is 11.9. The molecule has 182 valence electrons. The zero-order chi connectivity index (χ0) is 25.1. The van der Waals surface area contributed by atoms with E-state index in [1.807, 2.05) is 60.4 Å². The van der Waals surface area contributed by atoms with Crippen LogP contribution in [-0.4, -0.2) is 47.0 Å². The molecule has 0 unspecified atom stereocenters. The van der Waals surface area contributed by atoms with E-state index in [1.54, 1.807) is 0 Å². The van der Waals surface area contributed by atoms with Gasteiger partial charge in [0.15, 0.2) is 5.82 Å². The van der Waals surface area contributed by atoms with E-state index < -0.39 is 0 Å². The Kier molecular flexibility index (Phi) is 6.96. The zero-order valence-corrected chi connectivity index (χ0v) is 20.8. The Hall–Kier alpha value is -3.77. The van der Waals surface area contributed by atoms with Crippen LogP contribution in [0.15, 0.2) is 78.9 Å². The minimum absolute atomic E-state index is 0.0855. The monoisotopic (exact) mass is 500 g/mol. The van der Waals surface area contributed by atoms with Crippen molar-refractivity contribution in [2.24, 2.45) is 0 Å². The highest BCUT2D eigenvalue weighted by atomic mass is 35.5. The minimum atomic E-state index is -0.350. The van der Waals surface area contributed by atoms with Gasteiger partial charge in [0.2, 0.25) is 0 Å². The Labute approximate surface area is 215 Å². The number of hydrogen-bond acceptors (Lipinski definition) is 4. The van der Waals surface area contributed by atoms with Crippen molar-refractivity contribution in [3.63, 3.8) is 0 Å². The number of halogens is 2. The second kappa shape index (κ2) is 10.5. The molecule has 1 aliphatic rings. The van der Waals surface area contributed by atoms with E-state index in [9.17, 15) is 9.18 Å². The van der Waals surface area contributed by atoms with E-state index in [0.717, 1.165) is 28.2 Å². The van der Waals surface area contributed by atoms with Crippen LogP contribution in [0.5, 0.6) is 0 Å². The summed E-state index contributed by atoms with van der Waals surface area (Å²) in [4.78, 5) is 26.8. The highest BCUT2D eigenvalue weighted by Gasteiger charge is 2.26. The van der Waals surface area contributed by atoms with Gasteiger partial charge >= 0.3 is 0 Å². The Morgan fingerprint density at radius 2 is 1.64 bits per heavy atom. The zero-order valence-electron chi connectivity index (χ0n) is 20.0.